The van der Waals surface area contributed by atoms with Crippen LogP contribution < -0.4 is 5.32 Å². The maximum atomic E-state index is 3.73. The summed E-state index contributed by atoms with van der Waals surface area (Å²) in [6.07, 6.45) is 3.75. The van der Waals surface area contributed by atoms with E-state index in [1.165, 1.54) is 41.4 Å². The lowest BCUT2D eigenvalue weighted by molar-refractivity contribution is 0.332. The second-order valence-corrected chi connectivity index (χ2v) is 5.86. The molecule has 0 aliphatic heterocycles. The van der Waals surface area contributed by atoms with Gasteiger partial charge in [-0.1, -0.05) is 25.1 Å². The van der Waals surface area contributed by atoms with Crippen LogP contribution in [0.15, 0.2) is 24.3 Å². The minimum Gasteiger partial charge on any atom is -0.357 e. The summed E-state index contributed by atoms with van der Waals surface area (Å²) in [5.74, 6) is 0. The van der Waals surface area contributed by atoms with Gasteiger partial charge in [-0.3, -0.25) is 0 Å². The molecule has 108 valence electrons. The van der Waals surface area contributed by atoms with Gasteiger partial charge in [-0.15, -0.1) is 0 Å². The van der Waals surface area contributed by atoms with Crippen molar-refractivity contribution in [2.75, 3.05) is 26.7 Å². The van der Waals surface area contributed by atoms with E-state index in [4.69, 9.17) is 0 Å². The van der Waals surface area contributed by atoms with E-state index in [1.54, 1.807) is 0 Å². The van der Waals surface area contributed by atoms with Gasteiger partial charge in [-0.05, 0) is 44.5 Å². The van der Waals surface area contributed by atoms with Crippen LogP contribution in [0.5, 0.6) is 0 Å². The van der Waals surface area contributed by atoms with Crippen molar-refractivity contribution in [2.45, 2.75) is 32.2 Å². The number of fused-ring (bicyclic) bond motifs is 3. The van der Waals surface area contributed by atoms with Crippen molar-refractivity contribution in [3.05, 3.63) is 35.5 Å². The Hall–Kier alpha value is -1.32. The molecule has 2 aromatic rings. The Morgan fingerprint density at radius 3 is 3.05 bits per heavy atom. The summed E-state index contributed by atoms with van der Waals surface area (Å²) in [6, 6.07) is 9.19. The highest BCUT2D eigenvalue weighted by Crippen LogP contribution is 2.34. The molecule has 2 N–H and O–H groups in total. The first-order valence-corrected chi connectivity index (χ1v) is 7.81. The molecule has 0 bridgehead atoms. The zero-order valence-corrected chi connectivity index (χ0v) is 12.6. The number of aromatic amines is 1. The fourth-order valence-corrected chi connectivity index (χ4v) is 3.21. The highest BCUT2D eigenvalue weighted by atomic mass is 15.1. The van der Waals surface area contributed by atoms with E-state index in [1.807, 2.05) is 0 Å². The molecule has 1 unspecified atom stereocenters. The first-order valence-electron chi connectivity index (χ1n) is 7.81. The Bertz CT molecular complexity index is 573. The third-order valence-corrected chi connectivity index (χ3v) is 4.54. The lowest BCUT2D eigenvalue weighted by Gasteiger charge is -2.25. The van der Waals surface area contributed by atoms with Crippen LogP contribution in [-0.4, -0.2) is 36.6 Å². The fourth-order valence-electron chi connectivity index (χ4n) is 3.21. The zero-order valence-electron chi connectivity index (χ0n) is 12.6. The smallest absolute Gasteiger partial charge is 0.0476 e. The summed E-state index contributed by atoms with van der Waals surface area (Å²) in [5.41, 5.74) is 4.25. The van der Waals surface area contributed by atoms with Gasteiger partial charge in [-0.2, -0.15) is 0 Å². The van der Waals surface area contributed by atoms with Crippen LogP contribution in [0.3, 0.4) is 0 Å². The topological polar surface area (TPSA) is 31.1 Å². The summed E-state index contributed by atoms with van der Waals surface area (Å²) < 4.78 is 0. The van der Waals surface area contributed by atoms with Gasteiger partial charge in [0.15, 0.2) is 0 Å². The van der Waals surface area contributed by atoms with Crippen molar-refractivity contribution in [2.24, 2.45) is 0 Å². The quantitative estimate of drug-likeness (QED) is 0.875. The third-order valence-electron chi connectivity index (χ3n) is 4.54. The second kappa shape index (κ2) is 5.98. The van der Waals surface area contributed by atoms with Crippen molar-refractivity contribution >= 4 is 10.9 Å². The lowest BCUT2D eigenvalue weighted by atomic mass is 9.92. The predicted molar refractivity (Wildman–Crippen MR) is 85.2 cm³/mol. The van der Waals surface area contributed by atoms with Crippen LogP contribution in [0.25, 0.3) is 10.9 Å². The number of aromatic nitrogens is 1. The molecule has 0 saturated heterocycles. The molecule has 1 aliphatic rings. The van der Waals surface area contributed by atoms with Gasteiger partial charge in [0.2, 0.25) is 0 Å². The Kier molecular flexibility index (Phi) is 4.08. The van der Waals surface area contributed by atoms with E-state index >= 15 is 0 Å². The van der Waals surface area contributed by atoms with Gasteiger partial charge < -0.3 is 15.2 Å². The average Bonchev–Trinajstić information content (AvgIpc) is 2.86. The number of H-pyrrole nitrogens is 1. The molecule has 1 aromatic heterocycles. The largest absolute Gasteiger partial charge is 0.357 e. The minimum absolute atomic E-state index is 0.497. The van der Waals surface area contributed by atoms with Crippen LogP contribution in [0, 0.1) is 0 Å². The van der Waals surface area contributed by atoms with E-state index in [0.29, 0.717) is 6.04 Å². The molecule has 1 atom stereocenters. The van der Waals surface area contributed by atoms with Crippen LogP contribution in [0.1, 0.15) is 37.1 Å². The van der Waals surface area contributed by atoms with Gasteiger partial charge in [0, 0.05) is 35.7 Å². The summed E-state index contributed by atoms with van der Waals surface area (Å²) >= 11 is 0. The molecule has 0 radical (unpaired) electrons. The Balaban J connectivity index is 1.76. The maximum absolute atomic E-state index is 3.73. The van der Waals surface area contributed by atoms with Gasteiger partial charge in [0.1, 0.15) is 0 Å². The number of para-hydroxylation sites is 1. The first-order chi connectivity index (χ1) is 9.79. The van der Waals surface area contributed by atoms with Gasteiger partial charge >= 0.3 is 0 Å². The molecule has 20 heavy (non-hydrogen) atoms. The summed E-state index contributed by atoms with van der Waals surface area (Å²) in [6.45, 7) is 5.49. The molecule has 1 heterocycles. The van der Waals surface area contributed by atoms with E-state index in [2.05, 4.69) is 53.4 Å². The number of hydrogen-bond donors (Lipinski definition) is 2. The fraction of sp³-hybridized carbons (Fsp3) is 0.529. The average molecular weight is 271 g/mol. The van der Waals surface area contributed by atoms with Gasteiger partial charge in [0.05, 0.1) is 0 Å². The van der Waals surface area contributed by atoms with Crippen LogP contribution in [0.4, 0.5) is 0 Å². The van der Waals surface area contributed by atoms with Crippen LogP contribution in [0.2, 0.25) is 0 Å². The number of nitrogens with one attached hydrogen (secondary N) is 2. The van der Waals surface area contributed by atoms with E-state index < -0.39 is 0 Å². The second-order valence-electron chi connectivity index (χ2n) is 5.86. The van der Waals surface area contributed by atoms with Crippen LogP contribution >= 0.6 is 0 Å². The van der Waals surface area contributed by atoms with Crippen molar-refractivity contribution in [3.63, 3.8) is 0 Å². The molecule has 0 amide bonds. The minimum atomic E-state index is 0.497. The number of hydrogen-bond acceptors (Lipinski definition) is 2. The predicted octanol–water partition coefficient (Wildman–Crippen LogP) is 3.09. The molecular weight excluding hydrogens is 246 g/mol. The van der Waals surface area contributed by atoms with Crippen molar-refractivity contribution in [3.8, 4) is 0 Å². The summed E-state index contributed by atoms with van der Waals surface area (Å²) in [7, 11) is 2.18. The highest BCUT2D eigenvalue weighted by Gasteiger charge is 2.23. The molecular formula is C17H25N3. The van der Waals surface area contributed by atoms with Crippen molar-refractivity contribution in [1.29, 1.82) is 0 Å². The molecule has 3 heteroatoms. The number of benzene rings is 1. The number of rotatable bonds is 5. The normalized spacial score (nSPS) is 18.6. The maximum Gasteiger partial charge on any atom is 0.0476 e. The number of likely N-dealkylation sites (N-methyl/N-ethyl adjacent to an activating group) is 1. The monoisotopic (exact) mass is 271 g/mol. The molecule has 3 nitrogen and oxygen atoms in total. The van der Waals surface area contributed by atoms with Crippen molar-refractivity contribution in [1.82, 2.24) is 15.2 Å². The van der Waals surface area contributed by atoms with E-state index in [-0.39, 0.29) is 0 Å². The summed E-state index contributed by atoms with van der Waals surface area (Å²) in [4.78, 5) is 5.99. The first kappa shape index (κ1) is 13.7. The highest BCUT2D eigenvalue weighted by molar-refractivity contribution is 5.85. The molecule has 0 spiro atoms. The molecule has 0 fully saturated rings. The molecule has 1 aliphatic carbocycles. The zero-order chi connectivity index (χ0) is 13.9. The van der Waals surface area contributed by atoms with Crippen molar-refractivity contribution < 1.29 is 0 Å². The SMILES string of the molecule is CCN(C)CCNC1CCCc2c1[nH]c1ccccc21. The number of nitrogens with zero attached hydrogens (tertiary/aromatic N) is 1. The van der Waals surface area contributed by atoms with E-state index in [9.17, 15) is 0 Å². The number of aryl methyl sites for hydroxylation is 1. The van der Waals surface area contributed by atoms with Gasteiger partial charge in [0.25, 0.3) is 0 Å². The Morgan fingerprint density at radius 2 is 2.20 bits per heavy atom. The molecule has 1 aromatic carbocycles. The van der Waals surface area contributed by atoms with E-state index in [0.717, 1.165) is 19.6 Å². The Morgan fingerprint density at radius 1 is 1.35 bits per heavy atom. The van der Waals surface area contributed by atoms with Gasteiger partial charge in [-0.25, -0.2) is 0 Å². The summed E-state index contributed by atoms with van der Waals surface area (Å²) in [5, 5.41) is 5.15. The third kappa shape index (κ3) is 2.60. The lowest BCUT2D eigenvalue weighted by Crippen LogP contribution is -2.33. The molecule has 3 rings (SSSR count). The standard InChI is InChI=1S/C17H25N3/c1-3-20(2)12-11-18-16-10-6-8-14-13-7-4-5-9-15(13)19-17(14)16/h4-5,7,9,16,18-19H,3,6,8,10-12H2,1-2H3. The molecule has 0 saturated carbocycles. The Labute approximate surface area is 121 Å². The van der Waals surface area contributed by atoms with Crippen LogP contribution in [-0.2, 0) is 6.42 Å².